The predicted molar refractivity (Wildman–Crippen MR) is 254 cm³/mol. The van der Waals surface area contributed by atoms with Crippen LogP contribution in [0.3, 0.4) is 0 Å². The fraction of sp³-hybridized carbons (Fsp3) is 0. The summed E-state index contributed by atoms with van der Waals surface area (Å²) in [6, 6.07) is 76.1. The molecule has 5 nitrogen and oxygen atoms in total. The highest BCUT2D eigenvalue weighted by Crippen LogP contribution is 2.42. The Morgan fingerprint density at radius 1 is 0.387 bits per heavy atom. The van der Waals surface area contributed by atoms with Crippen molar-refractivity contribution in [1.82, 2.24) is 19.6 Å². The highest BCUT2D eigenvalue weighted by atomic mass is 16.3. The number of benzene rings is 8. The largest absolute Gasteiger partial charge is 0.455 e. The molecule has 0 spiro atoms. The second-order valence-corrected chi connectivity index (χ2v) is 15.6. The van der Waals surface area contributed by atoms with Gasteiger partial charge in [0.15, 0.2) is 5.82 Å². The smallest absolute Gasteiger partial charge is 0.160 e. The van der Waals surface area contributed by atoms with Crippen LogP contribution in [0.2, 0.25) is 0 Å². The van der Waals surface area contributed by atoms with Crippen molar-refractivity contribution in [3.8, 4) is 78.7 Å². The van der Waals surface area contributed by atoms with Gasteiger partial charge in [0, 0.05) is 55.1 Å². The summed E-state index contributed by atoms with van der Waals surface area (Å²) in [6.07, 6.45) is 0. The molecule has 0 aliphatic carbocycles. The first kappa shape index (κ1) is 35.5. The van der Waals surface area contributed by atoms with Crippen LogP contribution in [0.15, 0.2) is 223 Å². The number of nitrogens with zero attached hydrogens (tertiary/aromatic N) is 4. The molecule has 0 saturated carbocycles. The summed E-state index contributed by atoms with van der Waals surface area (Å²) in [5, 5.41) is 10.0. The molecule has 12 aromatic rings. The first-order valence-electron chi connectivity index (χ1n) is 20.9. The lowest BCUT2D eigenvalue weighted by Gasteiger charge is -2.11. The highest BCUT2D eigenvalue weighted by Gasteiger charge is 2.22. The van der Waals surface area contributed by atoms with E-state index in [-0.39, 0.29) is 0 Å². The van der Waals surface area contributed by atoms with Crippen molar-refractivity contribution in [2.45, 2.75) is 0 Å². The van der Waals surface area contributed by atoms with Crippen molar-refractivity contribution in [2.75, 3.05) is 0 Å². The third-order valence-corrected chi connectivity index (χ3v) is 11.9. The number of rotatable bonds is 7. The third kappa shape index (κ3) is 6.06. The maximum Gasteiger partial charge on any atom is 0.160 e. The Bertz CT molecular complexity index is 3590. The van der Waals surface area contributed by atoms with Gasteiger partial charge in [0.2, 0.25) is 0 Å². The summed E-state index contributed by atoms with van der Waals surface area (Å²) in [6.45, 7) is 0. The van der Waals surface area contributed by atoms with Crippen LogP contribution in [0.4, 0.5) is 0 Å². The lowest BCUT2D eigenvalue weighted by molar-refractivity contribution is 0.670. The van der Waals surface area contributed by atoms with Crippen LogP contribution in [0, 0.1) is 0 Å². The maximum absolute atomic E-state index is 6.38. The standard InChI is InChI=1S/C57H36N4O/c1-4-15-40(16-5-1)51-35-44-21-10-11-22-45(44)55-53(41-17-6-2-7-18-41)54(60-61(51)55)42-33-31-39(32-34-42)50-36-49(58-57(59-50)43-19-8-3-9-20-43)38-29-27-37(28-30-38)46-24-14-25-48-47-23-12-13-26-52(47)62-56(46)48/h1-36H. The number of fused-ring (bicyclic) bond motifs is 6. The molecule has 0 bridgehead atoms. The minimum atomic E-state index is 0.672. The van der Waals surface area contributed by atoms with Gasteiger partial charge in [-0.3, -0.25) is 0 Å². The van der Waals surface area contributed by atoms with Gasteiger partial charge in [0.1, 0.15) is 16.9 Å². The lowest BCUT2D eigenvalue weighted by Crippen LogP contribution is -1.96. The normalized spacial score (nSPS) is 11.5. The molecule has 12 rings (SSSR count). The van der Waals surface area contributed by atoms with E-state index in [4.69, 9.17) is 19.5 Å². The Labute approximate surface area is 357 Å². The van der Waals surface area contributed by atoms with Crippen LogP contribution in [0.5, 0.6) is 0 Å². The Kier molecular flexibility index (Phi) is 8.42. The number of hydrogen-bond donors (Lipinski definition) is 0. The molecule has 0 aliphatic rings. The zero-order valence-electron chi connectivity index (χ0n) is 33.5. The summed E-state index contributed by atoms with van der Waals surface area (Å²) in [4.78, 5) is 10.3. The summed E-state index contributed by atoms with van der Waals surface area (Å²) < 4.78 is 8.51. The topological polar surface area (TPSA) is 56.2 Å². The SMILES string of the molecule is c1ccc(-c2nc(-c3ccc(-c4nn5c(-c6ccccc6)cc6ccccc6c5c4-c4ccccc4)cc3)cc(-c3ccc(-c4cccc5c4oc4ccccc45)cc3)n2)cc1. The second kappa shape index (κ2) is 14.7. The zero-order chi connectivity index (χ0) is 41.0. The van der Waals surface area contributed by atoms with Gasteiger partial charge in [0.25, 0.3) is 0 Å². The molecule has 0 radical (unpaired) electrons. The van der Waals surface area contributed by atoms with Gasteiger partial charge in [-0.05, 0) is 34.7 Å². The maximum atomic E-state index is 6.38. The van der Waals surface area contributed by atoms with Gasteiger partial charge in [-0.1, -0.05) is 200 Å². The van der Waals surface area contributed by atoms with E-state index < -0.39 is 0 Å². The Morgan fingerprint density at radius 2 is 0.935 bits per heavy atom. The summed E-state index contributed by atoms with van der Waals surface area (Å²) in [5.74, 6) is 0.672. The zero-order valence-corrected chi connectivity index (χ0v) is 33.5. The molecule has 0 saturated heterocycles. The molecule has 0 N–H and O–H groups in total. The first-order valence-corrected chi connectivity index (χ1v) is 20.9. The quantitative estimate of drug-likeness (QED) is 0.161. The number of hydrogen-bond acceptors (Lipinski definition) is 4. The van der Waals surface area contributed by atoms with Gasteiger partial charge >= 0.3 is 0 Å². The summed E-state index contributed by atoms with van der Waals surface area (Å²) in [7, 11) is 0. The molecule has 0 fully saturated rings. The van der Waals surface area contributed by atoms with Crippen molar-refractivity contribution in [3.05, 3.63) is 218 Å². The van der Waals surface area contributed by atoms with Gasteiger partial charge in [-0.15, -0.1) is 0 Å². The van der Waals surface area contributed by atoms with Crippen LogP contribution in [0.25, 0.3) is 117 Å². The molecule has 290 valence electrons. The molecule has 0 unspecified atom stereocenters. The van der Waals surface area contributed by atoms with E-state index >= 15 is 0 Å². The first-order chi connectivity index (χ1) is 30.7. The fourth-order valence-electron chi connectivity index (χ4n) is 8.84. The Hall–Kier alpha value is -8.41. The third-order valence-electron chi connectivity index (χ3n) is 11.9. The van der Waals surface area contributed by atoms with E-state index in [2.05, 4.69) is 193 Å². The minimum Gasteiger partial charge on any atom is -0.455 e. The monoisotopic (exact) mass is 792 g/mol. The molecule has 62 heavy (non-hydrogen) atoms. The Balaban J connectivity index is 0.973. The van der Waals surface area contributed by atoms with Crippen LogP contribution in [0.1, 0.15) is 0 Å². The van der Waals surface area contributed by atoms with Gasteiger partial charge in [0.05, 0.1) is 22.6 Å². The molecular weight excluding hydrogens is 757 g/mol. The van der Waals surface area contributed by atoms with Gasteiger partial charge < -0.3 is 4.42 Å². The van der Waals surface area contributed by atoms with E-state index in [0.717, 1.165) is 106 Å². The van der Waals surface area contributed by atoms with Crippen molar-refractivity contribution in [3.63, 3.8) is 0 Å². The van der Waals surface area contributed by atoms with Crippen LogP contribution in [-0.4, -0.2) is 19.6 Å². The highest BCUT2D eigenvalue weighted by molar-refractivity contribution is 6.10. The lowest BCUT2D eigenvalue weighted by atomic mass is 9.96. The average molecular weight is 793 g/mol. The molecule has 8 aromatic carbocycles. The number of para-hydroxylation sites is 2. The van der Waals surface area contributed by atoms with Gasteiger partial charge in [-0.25, -0.2) is 14.5 Å². The number of pyridine rings is 1. The summed E-state index contributed by atoms with van der Waals surface area (Å²) >= 11 is 0. The molecule has 0 amide bonds. The minimum absolute atomic E-state index is 0.672. The van der Waals surface area contributed by atoms with E-state index in [1.165, 1.54) is 5.39 Å². The molecule has 4 aromatic heterocycles. The molecule has 4 heterocycles. The van der Waals surface area contributed by atoms with E-state index in [9.17, 15) is 0 Å². The second-order valence-electron chi connectivity index (χ2n) is 15.6. The Morgan fingerprint density at radius 3 is 1.63 bits per heavy atom. The summed E-state index contributed by atoms with van der Waals surface area (Å²) in [5.41, 5.74) is 16.0. The number of furan rings is 1. The predicted octanol–water partition coefficient (Wildman–Crippen LogP) is 14.8. The van der Waals surface area contributed by atoms with Crippen molar-refractivity contribution in [2.24, 2.45) is 0 Å². The molecule has 5 heteroatoms. The van der Waals surface area contributed by atoms with Crippen molar-refractivity contribution in [1.29, 1.82) is 0 Å². The van der Waals surface area contributed by atoms with Crippen LogP contribution < -0.4 is 0 Å². The molecule has 0 aliphatic heterocycles. The average Bonchev–Trinajstić information content (AvgIpc) is 3.95. The van der Waals surface area contributed by atoms with Crippen molar-refractivity contribution >= 4 is 38.2 Å². The van der Waals surface area contributed by atoms with E-state index in [0.29, 0.717) is 5.82 Å². The van der Waals surface area contributed by atoms with Crippen LogP contribution in [-0.2, 0) is 0 Å². The van der Waals surface area contributed by atoms with Crippen molar-refractivity contribution < 1.29 is 4.42 Å². The fourth-order valence-corrected chi connectivity index (χ4v) is 8.84. The van der Waals surface area contributed by atoms with E-state index in [1.54, 1.807) is 0 Å². The van der Waals surface area contributed by atoms with Crippen LogP contribution >= 0.6 is 0 Å². The van der Waals surface area contributed by atoms with E-state index in [1.807, 2.05) is 30.3 Å². The van der Waals surface area contributed by atoms with Gasteiger partial charge in [-0.2, -0.15) is 5.10 Å². The molecule has 0 atom stereocenters. The number of aromatic nitrogens is 4. The molecular formula is C57H36N4O.